The first kappa shape index (κ1) is 18.4. The Morgan fingerprint density at radius 3 is 2.59 bits per heavy atom. The van der Waals surface area contributed by atoms with Crippen LogP contribution in [0.3, 0.4) is 0 Å². The molecule has 0 bridgehead atoms. The van der Waals surface area contributed by atoms with E-state index in [4.69, 9.17) is 0 Å². The van der Waals surface area contributed by atoms with Gasteiger partial charge < -0.3 is 5.32 Å². The molecule has 0 saturated heterocycles. The van der Waals surface area contributed by atoms with E-state index < -0.39 is 5.92 Å². The zero-order valence-electron chi connectivity index (χ0n) is 14.5. The number of carbonyl (C=O) groups is 2. The minimum absolute atomic E-state index is 0.00800. The summed E-state index contributed by atoms with van der Waals surface area (Å²) in [6, 6.07) is 0. The number of amides is 1. The summed E-state index contributed by atoms with van der Waals surface area (Å²) in [6.45, 7) is 10.1. The Hall–Kier alpha value is -1.64. The molecular formula is C19H29NO2. The Bertz CT molecular complexity index is 510. The van der Waals surface area contributed by atoms with E-state index in [1.54, 1.807) is 6.92 Å². The molecule has 122 valence electrons. The average Bonchev–Trinajstić information content (AvgIpc) is 2.46. The molecule has 0 saturated carbocycles. The fraction of sp³-hybridized carbons (Fsp3) is 0.579. The minimum atomic E-state index is -0.552. The first-order valence-corrected chi connectivity index (χ1v) is 8.26. The maximum atomic E-state index is 12.3. The lowest BCUT2D eigenvalue weighted by Gasteiger charge is -2.23. The lowest BCUT2D eigenvalue weighted by atomic mass is 9.89. The van der Waals surface area contributed by atoms with Crippen LogP contribution in [-0.4, -0.2) is 11.7 Å². The van der Waals surface area contributed by atoms with Crippen molar-refractivity contribution < 1.29 is 9.59 Å². The maximum Gasteiger partial charge on any atom is 0.234 e. The number of hydrogen-bond acceptors (Lipinski definition) is 2. The van der Waals surface area contributed by atoms with Gasteiger partial charge >= 0.3 is 0 Å². The van der Waals surface area contributed by atoms with E-state index in [1.807, 2.05) is 0 Å². The topological polar surface area (TPSA) is 46.2 Å². The molecule has 0 aromatic heterocycles. The summed E-state index contributed by atoms with van der Waals surface area (Å²) in [4.78, 5) is 24.1. The van der Waals surface area contributed by atoms with Crippen LogP contribution in [0.4, 0.5) is 0 Å². The minimum Gasteiger partial charge on any atom is -0.328 e. The number of allylic oxidation sites excluding steroid dienone is 5. The SMILES string of the molecule is CCCC1=C(CC=C(C)CC=CC(C)C)NC(=O)C(C)C1=O. The molecule has 3 heteroatoms. The third-order valence-electron chi connectivity index (χ3n) is 3.84. The van der Waals surface area contributed by atoms with Crippen LogP contribution < -0.4 is 5.32 Å². The third kappa shape index (κ3) is 5.28. The van der Waals surface area contributed by atoms with Crippen LogP contribution in [-0.2, 0) is 9.59 Å². The monoisotopic (exact) mass is 303 g/mol. The number of carbonyl (C=O) groups excluding carboxylic acids is 2. The van der Waals surface area contributed by atoms with E-state index >= 15 is 0 Å². The predicted octanol–water partition coefficient (Wildman–Crippen LogP) is 4.31. The number of nitrogens with one attached hydrogen (secondary N) is 1. The standard InChI is InChI=1S/C19H29NO2/c1-6-8-16-17(20-19(22)15(5)18(16)21)12-11-14(4)10-7-9-13(2)3/h7,9,11,13,15H,6,8,10,12H2,1-5H3,(H,20,22). The number of Topliss-reactive ketones (excluding diaryl/α,β-unsaturated/α-hetero) is 1. The zero-order valence-corrected chi connectivity index (χ0v) is 14.5. The molecule has 1 aliphatic heterocycles. The highest BCUT2D eigenvalue weighted by atomic mass is 16.2. The number of hydrogen-bond donors (Lipinski definition) is 1. The molecule has 1 amide bonds. The van der Waals surface area contributed by atoms with Crippen molar-refractivity contribution in [1.29, 1.82) is 0 Å². The van der Waals surface area contributed by atoms with E-state index in [2.05, 4.69) is 51.2 Å². The van der Waals surface area contributed by atoms with Crippen LogP contribution in [0.2, 0.25) is 0 Å². The van der Waals surface area contributed by atoms with Gasteiger partial charge in [0.2, 0.25) is 5.91 Å². The van der Waals surface area contributed by atoms with Gasteiger partial charge in [0, 0.05) is 17.7 Å². The molecule has 1 heterocycles. The molecule has 0 aliphatic carbocycles. The summed E-state index contributed by atoms with van der Waals surface area (Å²) >= 11 is 0. The normalized spacial score (nSPS) is 20.3. The van der Waals surface area contributed by atoms with E-state index in [-0.39, 0.29) is 11.7 Å². The molecule has 0 radical (unpaired) electrons. The van der Waals surface area contributed by atoms with E-state index in [9.17, 15) is 9.59 Å². The zero-order chi connectivity index (χ0) is 16.7. The Morgan fingerprint density at radius 2 is 2.00 bits per heavy atom. The van der Waals surface area contributed by atoms with Crippen molar-refractivity contribution in [2.45, 2.75) is 60.3 Å². The van der Waals surface area contributed by atoms with Crippen LogP contribution >= 0.6 is 0 Å². The molecule has 0 spiro atoms. The van der Waals surface area contributed by atoms with Gasteiger partial charge in [-0.25, -0.2) is 0 Å². The molecule has 1 unspecified atom stereocenters. The van der Waals surface area contributed by atoms with Crippen molar-refractivity contribution >= 4 is 11.7 Å². The van der Waals surface area contributed by atoms with Crippen LogP contribution in [0.15, 0.2) is 35.1 Å². The second-order valence-electron chi connectivity index (χ2n) is 6.41. The van der Waals surface area contributed by atoms with Gasteiger partial charge in [0.15, 0.2) is 5.78 Å². The lowest BCUT2D eigenvalue weighted by Crippen LogP contribution is -2.40. The number of ketones is 1. The van der Waals surface area contributed by atoms with Gasteiger partial charge in [-0.1, -0.05) is 51.0 Å². The van der Waals surface area contributed by atoms with Crippen molar-refractivity contribution in [3.63, 3.8) is 0 Å². The first-order chi connectivity index (χ1) is 10.4. The molecule has 1 rings (SSSR count). The van der Waals surface area contributed by atoms with Crippen molar-refractivity contribution in [3.8, 4) is 0 Å². The second kappa shape index (κ2) is 8.72. The molecule has 0 aromatic rings. The van der Waals surface area contributed by atoms with E-state index in [1.165, 1.54) is 5.57 Å². The Kier molecular flexibility index (Phi) is 7.30. The summed E-state index contributed by atoms with van der Waals surface area (Å²) in [6.07, 6.45) is 9.65. The van der Waals surface area contributed by atoms with Crippen molar-refractivity contribution in [2.75, 3.05) is 0 Å². The van der Waals surface area contributed by atoms with Gasteiger partial charge in [-0.3, -0.25) is 9.59 Å². The molecule has 3 nitrogen and oxygen atoms in total. The maximum absolute atomic E-state index is 12.3. The summed E-state index contributed by atoms with van der Waals surface area (Å²) in [5, 5.41) is 2.92. The summed E-state index contributed by atoms with van der Waals surface area (Å²) < 4.78 is 0. The largest absolute Gasteiger partial charge is 0.328 e. The van der Waals surface area contributed by atoms with E-state index in [0.717, 1.165) is 30.5 Å². The molecule has 1 atom stereocenters. The van der Waals surface area contributed by atoms with Gasteiger partial charge in [-0.15, -0.1) is 0 Å². The summed E-state index contributed by atoms with van der Waals surface area (Å²) in [7, 11) is 0. The summed E-state index contributed by atoms with van der Waals surface area (Å²) in [5.74, 6) is -0.176. The first-order valence-electron chi connectivity index (χ1n) is 8.26. The van der Waals surface area contributed by atoms with E-state index in [0.29, 0.717) is 12.3 Å². The Balaban J connectivity index is 2.83. The van der Waals surface area contributed by atoms with Gasteiger partial charge in [0.05, 0.1) is 5.92 Å². The fourth-order valence-electron chi connectivity index (χ4n) is 2.45. The predicted molar refractivity (Wildman–Crippen MR) is 91.2 cm³/mol. The fourth-order valence-corrected chi connectivity index (χ4v) is 2.45. The van der Waals surface area contributed by atoms with Gasteiger partial charge in [0.25, 0.3) is 0 Å². The average molecular weight is 303 g/mol. The third-order valence-corrected chi connectivity index (χ3v) is 3.84. The highest BCUT2D eigenvalue weighted by Gasteiger charge is 2.31. The molecule has 1 N–H and O–H groups in total. The molecule has 1 aliphatic rings. The molecular weight excluding hydrogens is 274 g/mol. The van der Waals surface area contributed by atoms with Crippen molar-refractivity contribution in [3.05, 3.63) is 35.1 Å². The van der Waals surface area contributed by atoms with Gasteiger partial charge in [-0.05, 0) is 32.6 Å². The van der Waals surface area contributed by atoms with Crippen LogP contribution in [0.25, 0.3) is 0 Å². The quantitative estimate of drug-likeness (QED) is 0.562. The van der Waals surface area contributed by atoms with Crippen LogP contribution in [0, 0.1) is 11.8 Å². The number of rotatable bonds is 7. The second-order valence-corrected chi connectivity index (χ2v) is 6.41. The Morgan fingerprint density at radius 1 is 1.32 bits per heavy atom. The van der Waals surface area contributed by atoms with Crippen LogP contribution in [0.1, 0.15) is 60.3 Å². The van der Waals surface area contributed by atoms with Gasteiger partial charge in [-0.2, -0.15) is 0 Å². The van der Waals surface area contributed by atoms with Gasteiger partial charge in [0.1, 0.15) is 0 Å². The molecule has 22 heavy (non-hydrogen) atoms. The molecule has 0 aromatic carbocycles. The van der Waals surface area contributed by atoms with Crippen molar-refractivity contribution in [2.24, 2.45) is 11.8 Å². The van der Waals surface area contributed by atoms with Crippen LogP contribution in [0.5, 0.6) is 0 Å². The lowest BCUT2D eigenvalue weighted by molar-refractivity contribution is -0.132. The molecule has 0 fully saturated rings. The highest BCUT2D eigenvalue weighted by molar-refractivity contribution is 6.12. The van der Waals surface area contributed by atoms with Crippen molar-refractivity contribution in [1.82, 2.24) is 5.32 Å². The summed E-state index contributed by atoms with van der Waals surface area (Å²) in [5.41, 5.74) is 2.85. The smallest absolute Gasteiger partial charge is 0.234 e. The Labute approximate surface area is 134 Å². The highest BCUT2D eigenvalue weighted by Crippen LogP contribution is 2.23.